The van der Waals surface area contributed by atoms with Gasteiger partial charge < -0.3 is 9.67 Å². The highest BCUT2D eigenvalue weighted by molar-refractivity contribution is 7.99. The molecule has 20 heavy (non-hydrogen) atoms. The van der Waals surface area contributed by atoms with Crippen LogP contribution in [0.3, 0.4) is 0 Å². The molecular formula is C14H23N3O2S. The van der Waals surface area contributed by atoms with Crippen LogP contribution in [0.5, 0.6) is 0 Å². The van der Waals surface area contributed by atoms with Gasteiger partial charge in [0, 0.05) is 13.0 Å². The molecule has 1 aliphatic rings. The number of hydrogen-bond donors (Lipinski definition) is 1. The third-order valence-corrected chi connectivity index (χ3v) is 4.83. The summed E-state index contributed by atoms with van der Waals surface area (Å²) in [7, 11) is 0. The molecule has 0 aromatic carbocycles. The normalized spacial score (nSPS) is 17.1. The average Bonchev–Trinajstić information content (AvgIpc) is 2.62. The molecule has 1 fully saturated rings. The Morgan fingerprint density at radius 3 is 2.60 bits per heavy atom. The van der Waals surface area contributed by atoms with Crippen molar-refractivity contribution in [3.8, 4) is 0 Å². The van der Waals surface area contributed by atoms with E-state index in [0.717, 1.165) is 23.9 Å². The van der Waals surface area contributed by atoms with Crippen molar-refractivity contribution in [2.24, 2.45) is 5.92 Å². The van der Waals surface area contributed by atoms with Crippen molar-refractivity contribution in [1.82, 2.24) is 14.8 Å². The first-order valence-corrected chi connectivity index (χ1v) is 8.46. The number of carboxylic acids is 1. The van der Waals surface area contributed by atoms with Crippen LogP contribution in [0.25, 0.3) is 0 Å². The summed E-state index contributed by atoms with van der Waals surface area (Å²) in [5.74, 6) is 0.962. The molecule has 0 unspecified atom stereocenters. The standard InChI is InChI=1S/C14H23N3O2S/c1-2-17-12(9-11-7-5-3-4-6-8-11)15-16-14(17)20-10-13(18)19/h11H,2-10H2,1H3,(H,18,19). The Bertz CT molecular complexity index is 440. The van der Waals surface area contributed by atoms with E-state index in [2.05, 4.69) is 21.7 Å². The quantitative estimate of drug-likeness (QED) is 0.646. The Balaban J connectivity index is 2.01. The molecule has 5 nitrogen and oxygen atoms in total. The fraction of sp³-hybridized carbons (Fsp3) is 0.786. The zero-order valence-corrected chi connectivity index (χ0v) is 12.9. The lowest BCUT2D eigenvalue weighted by atomic mass is 9.96. The summed E-state index contributed by atoms with van der Waals surface area (Å²) in [6.07, 6.45) is 8.92. The van der Waals surface area contributed by atoms with Gasteiger partial charge in [-0.05, 0) is 12.8 Å². The highest BCUT2D eigenvalue weighted by Gasteiger charge is 2.18. The fourth-order valence-corrected chi connectivity index (χ4v) is 3.59. The highest BCUT2D eigenvalue weighted by Crippen LogP contribution is 2.26. The summed E-state index contributed by atoms with van der Waals surface area (Å²) in [6.45, 7) is 2.86. The van der Waals surface area contributed by atoms with Crippen molar-refractivity contribution < 1.29 is 9.90 Å². The molecule has 1 aromatic rings. The van der Waals surface area contributed by atoms with E-state index in [1.807, 2.05) is 0 Å². The van der Waals surface area contributed by atoms with Gasteiger partial charge in [0.2, 0.25) is 0 Å². The van der Waals surface area contributed by atoms with Gasteiger partial charge in [0.25, 0.3) is 0 Å². The Morgan fingerprint density at radius 2 is 2.00 bits per heavy atom. The van der Waals surface area contributed by atoms with E-state index in [-0.39, 0.29) is 5.75 Å². The van der Waals surface area contributed by atoms with Crippen LogP contribution in [0.1, 0.15) is 51.3 Å². The molecule has 0 aliphatic heterocycles. The lowest BCUT2D eigenvalue weighted by Gasteiger charge is -2.14. The van der Waals surface area contributed by atoms with E-state index >= 15 is 0 Å². The van der Waals surface area contributed by atoms with Gasteiger partial charge in [-0.3, -0.25) is 4.79 Å². The van der Waals surface area contributed by atoms with Crippen LogP contribution < -0.4 is 0 Å². The number of hydrogen-bond acceptors (Lipinski definition) is 4. The Kier molecular flexibility index (Phi) is 5.88. The van der Waals surface area contributed by atoms with E-state index in [1.54, 1.807) is 0 Å². The van der Waals surface area contributed by atoms with E-state index < -0.39 is 5.97 Å². The van der Waals surface area contributed by atoms with Gasteiger partial charge in [-0.1, -0.05) is 50.3 Å². The minimum Gasteiger partial charge on any atom is -0.481 e. The van der Waals surface area contributed by atoms with Crippen molar-refractivity contribution in [3.63, 3.8) is 0 Å². The Labute approximate surface area is 124 Å². The predicted octanol–water partition coefficient (Wildman–Crippen LogP) is 2.99. The largest absolute Gasteiger partial charge is 0.481 e. The molecule has 1 saturated carbocycles. The summed E-state index contributed by atoms with van der Waals surface area (Å²) in [4.78, 5) is 10.7. The maximum Gasteiger partial charge on any atom is 0.313 e. The third-order valence-electron chi connectivity index (χ3n) is 3.88. The maximum atomic E-state index is 10.7. The molecule has 0 atom stereocenters. The molecule has 112 valence electrons. The van der Waals surface area contributed by atoms with E-state index in [0.29, 0.717) is 5.92 Å². The Hall–Kier alpha value is -1.04. The number of carboxylic acid groups (broad SMARTS) is 1. The van der Waals surface area contributed by atoms with Gasteiger partial charge in [-0.15, -0.1) is 10.2 Å². The highest BCUT2D eigenvalue weighted by atomic mass is 32.2. The second-order valence-electron chi connectivity index (χ2n) is 5.39. The molecule has 0 bridgehead atoms. The van der Waals surface area contributed by atoms with Crippen LogP contribution in [0, 0.1) is 5.92 Å². The molecule has 0 amide bonds. The molecule has 1 heterocycles. The second-order valence-corrected chi connectivity index (χ2v) is 6.33. The van der Waals surface area contributed by atoms with E-state index in [4.69, 9.17) is 5.11 Å². The van der Waals surface area contributed by atoms with Gasteiger partial charge >= 0.3 is 5.97 Å². The van der Waals surface area contributed by atoms with Gasteiger partial charge in [-0.2, -0.15) is 0 Å². The number of aromatic nitrogens is 3. The van der Waals surface area contributed by atoms with Crippen LogP contribution in [-0.2, 0) is 17.8 Å². The zero-order chi connectivity index (χ0) is 14.4. The van der Waals surface area contributed by atoms with Crippen molar-refractivity contribution in [3.05, 3.63) is 5.82 Å². The monoisotopic (exact) mass is 297 g/mol. The summed E-state index contributed by atoms with van der Waals surface area (Å²) in [5, 5.41) is 17.9. The molecule has 1 aliphatic carbocycles. The van der Waals surface area contributed by atoms with Gasteiger partial charge in [0.15, 0.2) is 5.16 Å². The van der Waals surface area contributed by atoms with Crippen LogP contribution in [0.15, 0.2) is 5.16 Å². The van der Waals surface area contributed by atoms with Crippen LogP contribution in [-0.4, -0.2) is 31.6 Å². The van der Waals surface area contributed by atoms with Gasteiger partial charge in [-0.25, -0.2) is 0 Å². The summed E-state index contributed by atoms with van der Waals surface area (Å²) in [5.41, 5.74) is 0. The molecule has 1 N–H and O–H groups in total. The first kappa shape index (κ1) is 15.4. The lowest BCUT2D eigenvalue weighted by molar-refractivity contribution is -0.133. The maximum absolute atomic E-state index is 10.7. The first-order valence-electron chi connectivity index (χ1n) is 7.47. The number of rotatable bonds is 6. The molecule has 0 saturated heterocycles. The van der Waals surface area contributed by atoms with Crippen LogP contribution >= 0.6 is 11.8 Å². The number of nitrogens with zero attached hydrogens (tertiary/aromatic N) is 3. The summed E-state index contributed by atoms with van der Waals surface area (Å²) in [6, 6.07) is 0. The predicted molar refractivity (Wildman–Crippen MR) is 79.0 cm³/mol. The van der Waals surface area contributed by atoms with Crippen molar-refractivity contribution in [2.75, 3.05) is 5.75 Å². The second kappa shape index (κ2) is 7.67. The first-order chi connectivity index (χ1) is 9.70. The van der Waals surface area contributed by atoms with Crippen LogP contribution in [0.2, 0.25) is 0 Å². The fourth-order valence-electron chi connectivity index (χ4n) is 2.85. The molecule has 1 aromatic heterocycles. The molecular weight excluding hydrogens is 274 g/mol. The molecule has 0 radical (unpaired) electrons. The van der Waals surface area contributed by atoms with Crippen molar-refractivity contribution in [2.45, 2.75) is 63.6 Å². The SMILES string of the molecule is CCn1c(CC2CCCCCC2)nnc1SCC(=O)O. The van der Waals surface area contributed by atoms with E-state index in [1.165, 1.54) is 50.3 Å². The number of thioether (sulfide) groups is 1. The smallest absolute Gasteiger partial charge is 0.313 e. The van der Waals surface area contributed by atoms with E-state index in [9.17, 15) is 4.79 Å². The molecule has 0 spiro atoms. The third kappa shape index (κ3) is 4.23. The number of aliphatic carboxylic acids is 1. The van der Waals surface area contributed by atoms with Gasteiger partial charge in [0.1, 0.15) is 5.82 Å². The van der Waals surface area contributed by atoms with Crippen molar-refractivity contribution >= 4 is 17.7 Å². The summed E-state index contributed by atoms with van der Waals surface area (Å²) >= 11 is 1.26. The number of carbonyl (C=O) groups is 1. The minimum absolute atomic E-state index is 0.0432. The molecule has 2 rings (SSSR count). The zero-order valence-electron chi connectivity index (χ0n) is 12.0. The lowest BCUT2D eigenvalue weighted by Crippen LogP contribution is -2.10. The topological polar surface area (TPSA) is 68.0 Å². The molecule has 6 heteroatoms. The van der Waals surface area contributed by atoms with Gasteiger partial charge in [0.05, 0.1) is 5.75 Å². The summed E-state index contributed by atoms with van der Waals surface area (Å²) < 4.78 is 2.07. The van der Waals surface area contributed by atoms with Crippen LogP contribution in [0.4, 0.5) is 0 Å². The minimum atomic E-state index is -0.814. The average molecular weight is 297 g/mol. The van der Waals surface area contributed by atoms with Crippen molar-refractivity contribution in [1.29, 1.82) is 0 Å². The Morgan fingerprint density at radius 1 is 1.30 bits per heavy atom.